The van der Waals surface area contributed by atoms with Crippen molar-refractivity contribution in [2.24, 2.45) is 0 Å². The van der Waals surface area contributed by atoms with Crippen LogP contribution in [0.4, 0.5) is 0 Å². The lowest BCUT2D eigenvalue weighted by Crippen LogP contribution is -2.07. The van der Waals surface area contributed by atoms with Gasteiger partial charge < -0.3 is 9.84 Å². The maximum Gasteiger partial charge on any atom is 0.180 e. The normalized spacial score (nSPS) is 9.00. The van der Waals surface area contributed by atoms with E-state index in [2.05, 4.69) is 11.3 Å². The van der Waals surface area contributed by atoms with Gasteiger partial charge in [0.1, 0.15) is 6.61 Å². The van der Waals surface area contributed by atoms with Gasteiger partial charge in [0, 0.05) is 0 Å². The van der Waals surface area contributed by atoms with Gasteiger partial charge in [-0.1, -0.05) is 6.58 Å². The second-order valence-corrected chi connectivity index (χ2v) is 1.45. The third-order valence-electron chi connectivity index (χ3n) is 0.708. The van der Waals surface area contributed by atoms with Gasteiger partial charge in [0.15, 0.2) is 5.78 Å². The Kier molecular flexibility index (Phi) is 5.06. The first-order valence-electron chi connectivity index (χ1n) is 2.65. The van der Waals surface area contributed by atoms with Gasteiger partial charge in [-0.15, -0.1) is 0 Å². The molecule has 0 aromatic rings. The molecule has 0 aromatic carbocycles. The van der Waals surface area contributed by atoms with E-state index in [-0.39, 0.29) is 25.6 Å². The smallest absolute Gasteiger partial charge is 0.180 e. The summed E-state index contributed by atoms with van der Waals surface area (Å²) in [5.41, 5.74) is 0. The zero-order chi connectivity index (χ0) is 7.11. The number of hydrogen-bond donors (Lipinski definition) is 1. The molecule has 0 fully saturated rings. The van der Waals surface area contributed by atoms with Crippen LogP contribution in [0.25, 0.3) is 0 Å². The zero-order valence-electron chi connectivity index (χ0n) is 5.17. The molecule has 1 N–H and O–H groups in total. The summed E-state index contributed by atoms with van der Waals surface area (Å²) in [6.07, 6.45) is 1.19. The van der Waals surface area contributed by atoms with E-state index in [0.717, 1.165) is 0 Å². The van der Waals surface area contributed by atoms with E-state index in [1.807, 2.05) is 0 Å². The molecule has 0 amide bonds. The number of carbonyl (C=O) groups excluding carboxylic acids is 1. The van der Waals surface area contributed by atoms with Gasteiger partial charge in [-0.25, -0.2) is 0 Å². The minimum Gasteiger partial charge on any atom is -0.394 e. The van der Waals surface area contributed by atoms with Crippen LogP contribution in [0.2, 0.25) is 0 Å². The molecule has 9 heavy (non-hydrogen) atoms. The van der Waals surface area contributed by atoms with Crippen LogP contribution in [0.1, 0.15) is 0 Å². The van der Waals surface area contributed by atoms with Crippen molar-refractivity contribution in [1.82, 2.24) is 0 Å². The van der Waals surface area contributed by atoms with Gasteiger partial charge in [0.05, 0.1) is 13.2 Å². The molecule has 0 aliphatic heterocycles. The monoisotopic (exact) mass is 130 g/mol. The van der Waals surface area contributed by atoms with Gasteiger partial charge in [-0.05, 0) is 6.08 Å². The predicted octanol–water partition coefficient (Wildman–Crippen LogP) is -0.250. The fourth-order valence-corrected chi connectivity index (χ4v) is 0.296. The lowest BCUT2D eigenvalue weighted by molar-refractivity contribution is -0.119. The van der Waals surface area contributed by atoms with Crippen LogP contribution in [0.5, 0.6) is 0 Å². The molecule has 3 heteroatoms. The van der Waals surface area contributed by atoms with Crippen LogP contribution in [0, 0.1) is 0 Å². The van der Waals surface area contributed by atoms with Crippen molar-refractivity contribution < 1.29 is 14.6 Å². The molecular weight excluding hydrogens is 120 g/mol. The van der Waals surface area contributed by atoms with E-state index in [1.54, 1.807) is 0 Å². The maximum absolute atomic E-state index is 10.4. The quantitative estimate of drug-likeness (QED) is 0.412. The Labute approximate surface area is 53.9 Å². The van der Waals surface area contributed by atoms with Crippen LogP contribution >= 0.6 is 0 Å². The first-order valence-corrected chi connectivity index (χ1v) is 2.65. The van der Waals surface area contributed by atoms with Crippen molar-refractivity contribution in [3.8, 4) is 0 Å². The summed E-state index contributed by atoms with van der Waals surface area (Å²) in [4.78, 5) is 10.4. The molecule has 0 unspecified atom stereocenters. The predicted molar refractivity (Wildman–Crippen MR) is 33.1 cm³/mol. The van der Waals surface area contributed by atoms with Crippen LogP contribution in [0.15, 0.2) is 12.7 Å². The summed E-state index contributed by atoms with van der Waals surface area (Å²) >= 11 is 0. The minimum atomic E-state index is -0.163. The van der Waals surface area contributed by atoms with Crippen molar-refractivity contribution in [2.75, 3.05) is 19.8 Å². The topological polar surface area (TPSA) is 46.5 Å². The summed E-state index contributed by atoms with van der Waals surface area (Å²) in [5, 5.41) is 8.19. The van der Waals surface area contributed by atoms with E-state index in [0.29, 0.717) is 0 Å². The van der Waals surface area contributed by atoms with Crippen LogP contribution in [0.3, 0.4) is 0 Å². The van der Waals surface area contributed by atoms with Crippen molar-refractivity contribution in [3.05, 3.63) is 12.7 Å². The fraction of sp³-hybridized carbons (Fsp3) is 0.500. The SMILES string of the molecule is C=CC(=O)COCCO. The highest BCUT2D eigenvalue weighted by molar-refractivity contribution is 5.90. The average Bonchev–Trinajstić information content (AvgIpc) is 1.89. The minimum absolute atomic E-state index is 0.0179. The molecule has 0 spiro atoms. The van der Waals surface area contributed by atoms with E-state index < -0.39 is 0 Å². The Morgan fingerprint density at radius 2 is 2.44 bits per heavy atom. The Balaban J connectivity index is 3.07. The Hall–Kier alpha value is -0.670. The molecule has 0 radical (unpaired) electrons. The maximum atomic E-state index is 10.4. The largest absolute Gasteiger partial charge is 0.394 e. The van der Waals surface area contributed by atoms with Crippen LogP contribution < -0.4 is 0 Å². The molecule has 0 saturated heterocycles. The number of hydrogen-bond acceptors (Lipinski definition) is 3. The number of aliphatic hydroxyl groups excluding tert-OH is 1. The Bertz CT molecular complexity index is 98.5. The van der Waals surface area contributed by atoms with Crippen LogP contribution in [-0.2, 0) is 9.53 Å². The van der Waals surface area contributed by atoms with E-state index in [9.17, 15) is 4.79 Å². The van der Waals surface area contributed by atoms with E-state index in [4.69, 9.17) is 5.11 Å². The molecular formula is C6H10O3. The van der Waals surface area contributed by atoms with Gasteiger partial charge in [-0.2, -0.15) is 0 Å². The summed E-state index contributed by atoms with van der Waals surface area (Å²) in [5.74, 6) is -0.163. The van der Waals surface area contributed by atoms with Crippen LogP contribution in [-0.4, -0.2) is 30.7 Å². The summed E-state index contributed by atoms with van der Waals surface area (Å²) in [6, 6.07) is 0. The molecule has 0 heterocycles. The molecule has 0 aromatic heterocycles. The lowest BCUT2D eigenvalue weighted by atomic mass is 10.4. The zero-order valence-corrected chi connectivity index (χ0v) is 5.17. The van der Waals surface area contributed by atoms with Gasteiger partial charge >= 0.3 is 0 Å². The molecule has 0 rings (SSSR count). The highest BCUT2D eigenvalue weighted by Gasteiger charge is 1.92. The third-order valence-corrected chi connectivity index (χ3v) is 0.708. The molecule has 3 nitrogen and oxygen atoms in total. The van der Waals surface area contributed by atoms with E-state index >= 15 is 0 Å². The van der Waals surface area contributed by atoms with E-state index in [1.165, 1.54) is 6.08 Å². The highest BCUT2D eigenvalue weighted by Crippen LogP contribution is 1.76. The average molecular weight is 130 g/mol. The molecule has 0 saturated carbocycles. The summed E-state index contributed by atoms with van der Waals surface area (Å²) in [6.45, 7) is 3.42. The number of ether oxygens (including phenoxy) is 1. The number of ketones is 1. The van der Waals surface area contributed by atoms with Gasteiger partial charge in [-0.3, -0.25) is 4.79 Å². The van der Waals surface area contributed by atoms with Gasteiger partial charge in [0.2, 0.25) is 0 Å². The molecule has 0 bridgehead atoms. The fourth-order valence-electron chi connectivity index (χ4n) is 0.296. The first kappa shape index (κ1) is 8.33. The molecule has 52 valence electrons. The first-order chi connectivity index (χ1) is 4.31. The standard InChI is InChI=1S/C6H10O3/c1-2-6(8)5-9-4-3-7/h2,7H,1,3-5H2. The second kappa shape index (κ2) is 5.47. The molecule has 0 aliphatic carbocycles. The molecule has 0 aliphatic rings. The lowest BCUT2D eigenvalue weighted by Gasteiger charge is -1.95. The van der Waals surface area contributed by atoms with Crippen molar-refractivity contribution in [1.29, 1.82) is 0 Å². The molecule has 0 atom stereocenters. The highest BCUT2D eigenvalue weighted by atomic mass is 16.5. The number of rotatable bonds is 5. The Morgan fingerprint density at radius 1 is 1.78 bits per heavy atom. The number of aliphatic hydroxyl groups is 1. The number of carbonyl (C=O) groups is 1. The third kappa shape index (κ3) is 5.20. The second-order valence-electron chi connectivity index (χ2n) is 1.45. The van der Waals surface area contributed by atoms with Crippen molar-refractivity contribution >= 4 is 5.78 Å². The van der Waals surface area contributed by atoms with Crippen molar-refractivity contribution in [3.63, 3.8) is 0 Å². The Morgan fingerprint density at radius 3 is 2.89 bits per heavy atom. The van der Waals surface area contributed by atoms with Crippen molar-refractivity contribution in [2.45, 2.75) is 0 Å². The summed E-state index contributed by atoms with van der Waals surface area (Å²) in [7, 11) is 0. The summed E-state index contributed by atoms with van der Waals surface area (Å²) < 4.78 is 4.66. The van der Waals surface area contributed by atoms with Gasteiger partial charge in [0.25, 0.3) is 0 Å².